The Hall–Kier alpha value is -3.17. The van der Waals surface area contributed by atoms with E-state index in [0.29, 0.717) is 5.56 Å². The van der Waals surface area contributed by atoms with Gasteiger partial charge in [-0.2, -0.15) is 0 Å². The number of likely N-dealkylation sites (tertiary alicyclic amines) is 1. The lowest BCUT2D eigenvalue weighted by molar-refractivity contribution is 0.102. The van der Waals surface area contributed by atoms with E-state index >= 15 is 0 Å². The first-order chi connectivity index (χ1) is 15.6. The maximum absolute atomic E-state index is 12.8. The number of carbonyl (C=O) groups is 1. The molecule has 1 fully saturated rings. The third-order valence-electron chi connectivity index (χ3n) is 6.63. The Morgan fingerprint density at radius 3 is 2.28 bits per heavy atom. The number of fused-ring (bicyclic) bond motifs is 1. The van der Waals surface area contributed by atoms with Crippen LogP contribution in [0.2, 0.25) is 0 Å². The van der Waals surface area contributed by atoms with E-state index in [2.05, 4.69) is 59.6 Å². The number of rotatable bonds is 5. The Morgan fingerprint density at radius 2 is 1.56 bits per heavy atom. The molecule has 1 saturated heterocycles. The fraction of sp³-hybridized carbons (Fsp3) is 0.276. The van der Waals surface area contributed by atoms with Gasteiger partial charge in [-0.1, -0.05) is 59.7 Å². The molecule has 1 N–H and O–H groups in total. The lowest BCUT2D eigenvalue weighted by Gasteiger charge is -2.22. The molecule has 0 atom stereocenters. The van der Waals surface area contributed by atoms with Gasteiger partial charge in [-0.25, -0.2) is 0 Å². The van der Waals surface area contributed by atoms with Crippen molar-refractivity contribution in [3.63, 3.8) is 0 Å². The lowest BCUT2D eigenvalue weighted by Crippen LogP contribution is -2.23. The van der Waals surface area contributed by atoms with E-state index in [1.807, 2.05) is 30.3 Å². The molecular weight excluding hydrogens is 392 g/mol. The van der Waals surface area contributed by atoms with Gasteiger partial charge in [-0.05, 0) is 92.2 Å². The lowest BCUT2D eigenvalue weighted by atomic mass is 9.91. The quantitative estimate of drug-likeness (QED) is 0.520. The van der Waals surface area contributed by atoms with Crippen molar-refractivity contribution in [2.45, 2.75) is 32.6 Å². The molecule has 0 spiro atoms. The van der Waals surface area contributed by atoms with Crippen LogP contribution in [0.25, 0.3) is 17.2 Å². The minimum Gasteiger partial charge on any atom is -0.322 e. The monoisotopic (exact) mass is 422 g/mol. The summed E-state index contributed by atoms with van der Waals surface area (Å²) in [7, 11) is 0. The fourth-order valence-electron chi connectivity index (χ4n) is 4.74. The molecular formula is C29H30N2O. The summed E-state index contributed by atoms with van der Waals surface area (Å²) in [4.78, 5) is 15.4. The van der Waals surface area contributed by atoms with Gasteiger partial charge in [0, 0.05) is 17.8 Å². The van der Waals surface area contributed by atoms with Crippen LogP contribution >= 0.6 is 0 Å². The number of amides is 1. The number of aryl methyl sites for hydroxylation is 2. The van der Waals surface area contributed by atoms with Gasteiger partial charge in [0.1, 0.15) is 0 Å². The van der Waals surface area contributed by atoms with Gasteiger partial charge in [0.15, 0.2) is 0 Å². The van der Waals surface area contributed by atoms with Gasteiger partial charge < -0.3 is 5.32 Å². The summed E-state index contributed by atoms with van der Waals surface area (Å²) in [6.45, 7) is 5.67. The van der Waals surface area contributed by atoms with Crippen LogP contribution in [0.3, 0.4) is 0 Å². The molecule has 3 heteroatoms. The third kappa shape index (κ3) is 4.68. The van der Waals surface area contributed by atoms with Gasteiger partial charge in [-0.15, -0.1) is 0 Å². The summed E-state index contributed by atoms with van der Waals surface area (Å²) >= 11 is 0. The van der Waals surface area contributed by atoms with Crippen LogP contribution in [0.15, 0.2) is 72.3 Å². The van der Waals surface area contributed by atoms with Crippen molar-refractivity contribution >= 4 is 17.7 Å². The molecule has 1 heterocycles. The zero-order valence-corrected chi connectivity index (χ0v) is 18.7. The highest BCUT2D eigenvalue weighted by atomic mass is 16.1. The van der Waals surface area contributed by atoms with Gasteiger partial charge in [0.2, 0.25) is 0 Å². The predicted molar refractivity (Wildman–Crippen MR) is 133 cm³/mol. The molecule has 0 radical (unpaired) electrons. The maximum Gasteiger partial charge on any atom is 0.255 e. The zero-order valence-electron chi connectivity index (χ0n) is 18.7. The van der Waals surface area contributed by atoms with E-state index in [1.165, 1.54) is 48.2 Å². The number of carbonyl (C=O) groups excluding carboxylic acids is 1. The highest BCUT2D eigenvalue weighted by molar-refractivity contribution is 6.04. The van der Waals surface area contributed by atoms with Crippen molar-refractivity contribution in [2.24, 2.45) is 0 Å². The first-order valence-electron chi connectivity index (χ1n) is 11.7. The number of hydrogen-bond acceptors (Lipinski definition) is 2. The first-order valence-corrected chi connectivity index (χ1v) is 11.7. The summed E-state index contributed by atoms with van der Waals surface area (Å²) < 4.78 is 0. The molecule has 0 unspecified atom stereocenters. The van der Waals surface area contributed by atoms with Gasteiger partial charge in [0.25, 0.3) is 5.91 Å². The molecule has 1 aliphatic heterocycles. The second kappa shape index (κ2) is 9.13. The highest BCUT2D eigenvalue weighted by Crippen LogP contribution is 2.28. The molecule has 5 rings (SSSR count). The second-order valence-corrected chi connectivity index (χ2v) is 9.10. The Bertz CT molecular complexity index is 1140. The Morgan fingerprint density at radius 1 is 0.875 bits per heavy atom. The normalized spacial score (nSPS) is 15.8. The van der Waals surface area contributed by atoms with Crippen LogP contribution < -0.4 is 5.32 Å². The van der Waals surface area contributed by atoms with Crippen molar-refractivity contribution in [3.05, 3.63) is 94.6 Å². The van der Waals surface area contributed by atoms with E-state index in [4.69, 9.17) is 0 Å². The highest BCUT2D eigenvalue weighted by Gasteiger charge is 2.17. The Labute approximate surface area is 190 Å². The number of nitrogens with one attached hydrogen (secondary N) is 1. The maximum atomic E-state index is 12.8. The summed E-state index contributed by atoms with van der Waals surface area (Å²) in [6, 6.07) is 22.6. The largest absolute Gasteiger partial charge is 0.322 e. The van der Waals surface area contributed by atoms with Crippen LogP contribution in [0.5, 0.6) is 0 Å². The molecule has 1 amide bonds. The van der Waals surface area contributed by atoms with Crippen LogP contribution in [0, 0.1) is 6.92 Å². The van der Waals surface area contributed by atoms with E-state index in [-0.39, 0.29) is 5.91 Å². The molecule has 2 aliphatic rings. The molecule has 0 saturated carbocycles. The van der Waals surface area contributed by atoms with Crippen molar-refractivity contribution in [1.29, 1.82) is 0 Å². The van der Waals surface area contributed by atoms with Crippen molar-refractivity contribution in [1.82, 2.24) is 4.90 Å². The van der Waals surface area contributed by atoms with Gasteiger partial charge in [-0.3, -0.25) is 9.69 Å². The molecule has 162 valence electrons. The fourth-order valence-corrected chi connectivity index (χ4v) is 4.74. The smallest absolute Gasteiger partial charge is 0.255 e. The van der Waals surface area contributed by atoms with Gasteiger partial charge in [0.05, 0.1) is 0 Å². The summed E-state index contributed by atoms with van der Waals surface area (Å²) in [5, 5.41) is 3.08. The summed E-state index contributed by atoms with van der Waals surface area (Å²) in [5.74, 6) is -0.0681. The van der Waals surface area contributed by atoms with E-state index in [1.54, 1.807) is 0 Å². The molecule has 3 aromatic carbocycles. The van der Waals surface area contributed by atoms with Crippen molar-refractivity contribution in [3.8, 4) is 11.1 Å². The van der Waals surface area contributed by atoms with E-state index in [9.17, 15) is 4.79 Å². The van der Waals surface area contributed by atoms with E-state index in [0.717, 1.165) is 36.2 Å². The molecule has 3 nitrogen and oxygen atoms in total. The van der Waals surface area contributed by atoms with Crippen LogP contribution in [0.4, 0.5) is 5.69 Å². The summed E-state index contributed by atoms with van der Waals surface area (Å²) in [6.07, 6.45) is 7.18. The van der Waals surface area contributed by atoms with E-state index < -0.39 is 0 Å². The van der Waals surface area contributed by atoms with Crippen LogP contribution in [0.1, 0.15) is 46.3 Å². The predicted octanol–water partition coefficient (Wildman–Crippen LogP) is 6.34. The standard InChI is InChI=1S/C29H30N2O/c1-21-4-7-23(8-5-21)24-10-12-25(13-11-24)29(32)30-28-15-14-26-18-22(6-9-27(26)19-28)20-31-16-2-3-17-31/h4-5,7-8,10-15,18-19H,2-3,6,9,16-17,20H2,1H3,(H,30,32). The number of anilines is 1. The molecule has 0 aromatic heterocycles. The van der Waals surface area contributed by atoms with Crippen LogP contribution in [-0.4, -0.2) is 30.4 Å². The SMILES string of the molecule is Cc1ccc(-c2ccc(C(=O)Nc3ccc4c(c3)CCC(CN3CCCC3)=C4)cc2)cc1. The average molecular weight is 423 g/mol. The molecule has 32 heavy (non-hydrogen) atoms. The molecule has 1 aliphatic carbocycles. The molecule has 3 aromatic rings. The number of nitrogens with zero attached hydrogens (tertiary/aromatic N) is 1. The third-order valence-corrected chi connectivity index (χ3v) is 6.63. The number of hydrogen-bond donors (Lipinski definition) is 1. The average Bonchev–Trinajstić information content (AvgIpc) is 3.33. The van der Waals surface area contributed by atoms with Crippen molar-refractivity contribution in [2.75, 3.05) is 25.0 Å². The molecule has 0 bridgehead atoms. The van der Waals surface area contributed by atoms with Crippen LogP contribution in [-0.2, 0) is 6.42 Å². The van der Waals surface area contributed by atoms with Crippen molar-refractivity contribution < 1.29 is 4.79 Å². The number of benzene rings is 3. The minimum absolute atomic E-state index is 0.0681. The topological polar surface area (TPSA) is 32.3 Å². The Kier molecular flexibility index (Phi) is 5.91. The summed E-state index contributed by atoms with van der Waals surface area (Å²) in [5.41, 5.74) is 9.21. The second-order valence-electron chi connectivity index (χ2n) is 9.10. The Balaban J connectivity index is 1.25. The first kappa shape index (κ1) is 20.7. The zero-order chi connectivity index (χ0) is 21.9. The van der Waals surface area contributed by atoms with Gasteiger partial charge >= 0.3 is 0 Å². The minimum atomic E-state index is -0.0681.